The summed E-state index contributed by atoms with van der Waals surface area (Å²) in [7, 11) is 1.86. The average molecular weight is 460 g/mol. The van der Waals surface area contributed by atoms with Gasteiger partial charge in [-0.25, -0.2) is 0 Å². The Labute approximate surface area is 207 Å². The quantitative estimate of drug-likeness (QED) is 0.343. The minimum atomic E-state index is -0.000893. The molecule has 1 aliphatic heterocycles. The predicted octanol–water partition coefficient (Wildman–Crippen LogP) is 6.25. The SMILES string of the molecule is CN(Cc1cccc2cc(CN3CCCC3)ccc12)C(=O)c1ccc(-c2ccc(C#N)cc2)cc1. The van der Waals surface area contributed by atoms with Crippen molar-refractivity contribution in [3.8, 4) is 17.2 Å². The van der Waals surface area contributed by atoms with E-state index in [1.807, 2.05) is 55.6 Å². The Hall–Kier alpha value is -3.94. The maximum atomic E-state index is 13.1. The summed E-state index contributed by atoms with van der Waals surface area (Å²) in [6, 6.07) is 30.4. The summed E-state index contributed by atoms with van der Waals surface area (Å²) in [5.74, 6) is -0.000893. The third-order valence-electron chi connectivity index (χ3n) is 6.87. The van der Waals surface area contributed by atoms with Crippen LogP contribution in [-0.2, 0) is 13.1 Å². The molecule has 4 aromatic carbocycles. The maximum absolute atomic E-state index is 13.1. The van der Waals surface area contributed by atoms with E-state index < -0.39 is 0 Å². The molecule has 0 bridgehead atoms. The molecule has 0 radical (unpaired) electrons. The van der Waals surface area contributed by atoms with E-state index in [4.69, 9.17) is 5.26 Å². The van der Waals surface area contributed by atoms with Crippen LogP contribution in [0.4, 0.5) is 0 Å². The number of benzene rings is 4. The van der Waals surface area contributed by atoms with Crippen molar-refractivity contribution in [3.63, 3.8) is 0 Å². The molecule has 174 valence electrons. The average Bonchev–Trinajstić information content (AvgIpc) is 3.41. The number of carbonyl (C=O) groups excluding carboxylic acids is 1. The van der Waals surface area contributed by atoms with Crippen LogP contribution in [-0.4, -0.2) is 35.8 Å². The zero-order valence-electron chi connectivity index (χ0n) is 20.1. The maximum Gasteiger partial charge on any atom is 0.253 e. The first-order valence-electron chi connectivity index (χ1n) is 12.2. The first-order valence-corrected chi connectivity index (χ1v) is 12.2. The van der Waals surface area contributed by atoms with Gasteiger partial charge in [-0.2, -0.15) is 5.26 Å². The van der Waals surface area contributed by atoms with Crippen LogP contribution < -0.4 is 0 Å². The highest BCUT2D eigenvalue weighted by Gasteiger charge is 2.15. The first kappa shape index (κ1) is 22.8. The lowest BCUT2D eigenvalue weighted by Gasteiger charge is -2.19. The van der Waals surface area contributed by atoms with E-state index in [2.05, 4.69) is 47.4 Å². The van der Waals surface area contributed by atoms with Gasteiger partial charge in [0.25, 0.3) is 5.91 Å². The molecule has 1 saturated heterocycles. The van der Waals surface area contributed by atoms with Crippen molar-refractivity contribution in [3.05, 3.63) is 107 Å². The van der Waals surface area contributed by atoms with Gasteiger partial charge >= 0.3 is 0 Å². The number of carbonyl (C=O) groups is 1. The molecule has 5 rings (SSSR count). The summed E-state index contributed by atoms with van der Waals surface area (Å²) in [6.07, 6.45) is 2.60. The lowest BCUT2D eigenvalue weighted by atomic mass is 10.0. The van der Waals surface area contributed by atoms with Gasteiger partial charge in [-0.15, -0.1) is 0 Å². The molecule has 35 heavy (non-hydrogen) atoms. The highest BCUT2D eigenvalue weighted by atomic mass is 16.2. The topological polar surface area (TPSA) is 47.3 Å². The standard InChI is InChI=1S/C31H29N3O/c1-33(31(35)27-14-12-26(13-15-27)25-10-7-23(20-32)8-11-25)22-29-6-4-5-28-19-24(9-16-30(28)29)21-34-17-2-3-18-34/h4-16,19H,2-3,17-18,21-22H2,1H3. The van der Waals surface area contributed by atoms with Gasteiger partial charge in [-0.05, 0) is 89.3 Å². The number of rotatable bonds is 6. The van der Waals surface area contributed by atoms with Gasteiger partial charge in [-0.3, -0.25) is 9.69 Å². The molecule has 4 aromatic rings. The van der Waals surface area contributed by atoms with E-state index in [1.54, 1.807) is 4.90 Å². The molecule has 0 saturated carbocycles. The van der Waals surface area contributed by atoms with Gasteiger partial charge in [-0.1, -0.05) is 54.6 Å². The molecule has 0 aliphatic carbocycles. The zero-order chi connectivity index (χ0) is 24.2. The summed E-state index contributed by atoms with van der Waals surface area (Å²) in [5, 5.41) is 11.4. The normalized spacial score (nSPS) is 13.6. The van der Waals surface area contributed by atoms with Crippen molar-refractivity contribution in [1.29, 1.82) is 5.26 Å². The predicted molar refractivity (Wildman–Crippen MR) is 141 cm³/mol. The smallest absolute Gasteiger partial charge is 0.253 e. The monoisotopic (exact) mass is 459 g/mol. The highest BCUT2D eigenvalue weighted by Crippen LogP contribution is 2.24. The lowest BCUT2D eigenvalue weighted by molar-refractivity contribution is 0.0785. The molecular weight excluding hydrogens is 430 g/mol. The van der Waals surface area contributed by atoms with Crippen molar-refractivity contribution in [2.24, 2.45) is 0 Å². The van der Waals surface area contributed by atoms with E-state index >= 15 is 0 Å². The van der Waals surface area contributed by atoms with Crippen LogP contribution >= 0.6 is 0 Å². The summed E-state index contributed by atoms with van der Waals surface area (Å²) in [5.41, 5.74) is 5.85. The van der Waals surface area contributed by atoms with Gasteiger partial charge in [0.1, 0.15) is 0 Å². The van der Waals surface area contributed by atoms with Crippen LogP contribution in [0.3, 0.4) is 0 Å². The molecule has 4 heteroatoms. The number of hydrogen-bond acceptors (Lipinski definition) is 3. The molecule has 0 aromatic heterocycles. The van der Waals surface area contributed by atoms with Crippen molar-refractivity contribution in [2.45, 2.75) is 25.9 Å². The molecule has 0 N–H and O–H groups in total. The molecule has 1 amide bonds. The van der Waals surface area contributed by atoms with Gasteiger partial charge in [0.2, 0.25) is 0 Å². The third kappa shape index (κ3) is 5.11. The van der Waals surface area contributed by atoms with Crippen LogP contribution in [0, 0.1) is 11.3 Å². The van der Waals surface area contributed by atoms with Crippen LogP contribution in [0.5, 0.6) is 0 Å². The number of amides is 1. The molecule has 4 nitrogen and oxygen atoms in total. The molecule has 0 unspecified atom stereocenters. The second-order valence-electron chi connectivity index (χ2n) is 9.38. The van der Waals surface area contributed by atoms with E-state index in [-0.39, 0.29) is 5.91 Å². The van der Waals surface area contributed by atoms with Gasteiger partial charge in [0, 0.05) is 25.7 Å². The second-order valence-corrected chi connectivity index (χ2v) is 9.38. The molecule has 1 fully saturated rings. The Kier molecular flexibility index (Phi) is 6.61. The van der Waals surface area contributed by atoms with Crippen LogP contribution in [0.1, 0.15) is 39.9 Å². The largest absolute Gasteiger partial charge is 0.337 e. The third-order valence-corrected chi connectivity index (χ3v) is 6.87. The minimum absolute atomic E-state index is 0.000893. The van der Waals surface area contributed by atoms with E-state index in [1.165, 1.54) is 42.3 Å². The van der Waals surface area contributed by atoms with Crippen LogP contribution in [0.15, 0.2) is 84.9 Å². The number of nitriles is 1. The van der Waals surface area contributed by atoms with Gasteiger partial charge in [0.05, 0.1) is 11.6 Å². The molecule has 1 aliphatic rings. The van der Waals surface area contributed by atoms with Gasteiger partial charge in [0.15, 0.2) is 0 Å². The number of fused-ring (bicyclic) bond motifs is 1. The number of nitrogens with zero attached hydrogens (tertiary/aromatic N) is 3. The molecular formula is C31H29N3O. The number of likely N-dealkylation sites (tertiary alicyclic amines) is 1. The van der Waals surface area contributed by atoms with Crippen molar-refractivity contribution >= 4 is 16.7 Å². The van der Waals surface area contributed by atoms with Crippen LogP contribution in [0.25, 0.3) is 21.9 Å². The Bertz CT molecular complexity index is 1380. The molecule has 0 atom stereocenters. The summed E-state index contributed by atoms with van der Waals surface area (Å²) in [6.45, 7) is 3.95. The summed E-state index contributed by atoms with van der Waals surface area (Å²) in [4.78, 5) is 17.4. The van der Waals surface area contributed by atoms with E-state index in [0.29, 0.717) is 17.7 Å². The fourth-order valence-electron chi connectivity index (χ4n) is 4.93. The minimum Gasteiger partial charge on any atom is -0.337 e. The van der Waals surface area contributed by atoms with Crippen molar-refractivity contribution in [1.82, 2.24) is 9.80 Å². The van der Waals surface area contributed by atoms with Gasteiger partial charge < -0.3 is 4.90 Å². The summed E-state index contributed by atoms with van der Waals surface area (Å²) >= 11 is 0. The Morgan fingerprint density at radius 3 is 2.29 bits per heavy atom. The summed E-state index contributed by atoms with van der Waals surface area (Å²) < 4.78 is 0. The Balaban J connectivity index is 1.29. The molecule has 0 spiro atoms. The van der Waals surface area contributed by atoms with Crippen molar-refractivity contribution in [2.75, 3.05) is 20.1 Å². The van der Waals surface area contributed by atoms with Crippen molar-refractivity contribution < 1.29 is 4.79 Å². The second kappa shape index (κ2) is 10.1. The van der Waals surface area contributed by atoms with E-state index in [0.717, 1.165) is 23.2 Å². The fourth-order valence-corrected chi connectivity index (χ4v) is 4.93. The lowest BCUT2D eigenvalue weighted by Crippen LogP contribution is -2.26. The fraction of sp³-hybridized carbons (Fsp3) is 0.226. The zero-order valence-corrected chi connectivity index (χ0v) is 20.1. The Morgan fingerprint density at radius 1 is 0.914 bits per heavy atom. The first-order chi connectivity index (χ1) is 17.1. The number of hydrogen-bond donors (Lipinski definition) is 0. The van der Waals surface area contributed by atoms with Crippen LogP contribution in [0.2, 0.25) is 0 Å². The molecule has 1 heterocycles. The highest BCUT2D eigenvalue weighted by molar-refractivity contribution is 5.95. The van der Waals surface area contributed by atoms with E-state index in [9.17, 15) is 4.79 Å². The Morgan fingerprint density at radius 2 is 1.60 bits per heavy atom.